The molecule has 1 heterocycles. The Balaban J connectivity index is 2.47. The Morgan fingerprint density at radius 1 is 1.15 bits per heavy atom. The fourth-order valence-corrected chi connectivity index (χ4v) is 3.05. The number of halogens is 3. The van der Waals surface area contributed by atoms with Crippen LogP contribution in [0.4, 0.5) is 18.9 Å². The lowest BCUT2D eigenvalue weighted by Crippen LogP contribution is -2.16. The third-order valence-electron chi connectivity index (χ3n) is 2.52. The van der Waals surface area contributed by atoms with Crippen molar-refractivity contribution in [2.45, 2.75) is 18.7 Å². The smallest absolute Gasteiger partial charge is 0.267 e. The van der Waals surface area contributed by atoms with Gasteiger partial charge in [0.2, 0.25) is 0 Å². The largest absolute Gasteiger partial charge is 0.360 e. The molecule has 0 atom stereocenters. The summed E-state index contributed by atoms with van der Waals surface area (Å²) in [6.45, 7) is 2.74. The van der Waals surface area contributed by atoms with E-state index in [0.717, 1.165) is 6.07 Å². The van der Waals surface area contributed by atoms with Crippen molar-refractivity contribution in [1.29, 1.82) is 0 Å². The minimum Gasteiger partial charge on any atom is -0.360 e. The molecule has 0 fully saturated rings. The Labute approximate surface area is 112 Å². The Bertz CT molecular complexity index is 752. The lowest BCUT2D eigenvalue weighted by Gasteiger charge is -2.09. The van der Waals surface area contributed by atoms with Gasteiger partial charge in [0.25, 0.3) is 10.0 Å². The normalized spacial score (nSPS) is 11.7. The van der Waals surface area contributed by atoms with Crippen molar-refractivity contribution < 1.29 is 26.1 Å². The Morgan fingerprint density at radius 2 is 1.80 bits per heavy atom. The number of rotatable bonds is 3. The molecule has 1 N–H and O–H groups in total. The van der Waals surface area contributed by atoms with E-state index >= 15 is 0 Å². The summed E-state index contributed by atoms with van der Waals surface area (Å²) in [6.07, 6.45) is 0. The van der Waals surface area contributed by atoms with Crippen molar-refractivity contribution in [3.8, 4) is 0 Å². The average Bonchev–Trinajstić information content (AvgIpc) is 2.70. The average molecular weight is 306 g/mol. The fourth-order valence-electron chi connectivity index (χ4n) is 1.66. The van der Waals surface area contributed by atoms with E-state index in [1.807, 2.05) is 4.72 Å². The zero-order valence-electron chi connectivity index (χ0n) is 10.4. The van der Waals surface area contributed by atoms with Gasteiger partial charge in [0.15, 0.2) is 28.1 Å². The minimum atomic E-state index is -4.22. The van der Waals surface area contributed by atoms with Gasteiger partial charge in [-0.1, -0.05) is 5.16 Å². The summed E-state index contributed by atoms with van der Waals surface area (Å²) in [5.41, 5.74) is -0.637. The summed E-state index contributed by atoms with van der Waals surface area (Å²) in [7, 11) is -4.22. The van der Waals surface area contributed by atoms with E-state index in [1.165, 1.54) is 13.8 Å². The van der Waals surface area contributed by atoms with Crippen LogP contribution in [0.25, 0.3) is 0 Å². The molecule has 2 rings (SSSR count). The number of aryl methyl sites for hydroxylation is 2. The van der Waals surface area contributed by atoms with Gasteiger partial charge in [0, 0.05) is 0 Å². The Morgan fingerprint density at radius 3 is 2.35 bits per heavy atom. The van der Waals surface area contributed by atoms with Crippen molar-refractivity contribution in [2.24, 2.45) is 0 Å². The predicted octanol–water partition coefficient (Wildman–Crippen LogP) is 2.51. The van der Waals surface area contributed by atoms with Crippen LogP contribution in [0.3, 0.4) is 0 Å². The van der Waals surface area contributed by atoms with Crippen LogP contribution >= 0.6 is 0 Å². The Hall–Kier alpha value is -2.03. The monoisotopic (exact) mass is 306 g/mol. The number of sulfonamides is 1. The molecule has 0 aliphatic rings. The van der Waals surface area contributed by atoms with Crippen LogP contribution in [0.5, 0.6) is 0 Å². The van der Waals surface area contributed by atoms with Gasteiger partial charge in [-0.2, -0.15) is 0 Å². The molecule has 0 amide bonds. The maximum absolute atomic E-state index is 13.5. The fraction of sp³-hybridized carbons (Fsp3) is 0.182. The molecule has 2 aromatic rings. The van der Waals surface area contributed by atoms with Crippen LogP contribution < -0.4 is 4.72 Å². The van der Waals surface area contributed by atoms with Gasteiger partial charge < -0.3 is 4.52 Å². The molecule has 0 spiro atoms. The van der Waals surface area contributed by atoms with Crippen molar-refractivity contribution in [2.75, 3.05) is 4.72 Å². The van der Waals surface area contributed by atoms with Crippen LogP contribution in [0, 0.1) is 31.3 Å². The molecule has 20 heavy (non-hydrogen) atoms. The van der Waals surface area contributed by atoms with Gasteiger partial charge in [-0.3, -0.25) is 4.72 Å². The van der Waals surface area contributed by atoms with Crippen molar-refractivity contribution >= 4 is 15.7 Å². The van der Waals surface area contributed by atoms with Crippen LogP contribution in [-0.2, 0) is 10.0 Å². The summed E-state index contributed by atoms with van der Waals surface area (Å²) in [5, 5.41) is 3.46. The molecule has 0 unspecified atom stereocenters. The van der Waals surface area contributed by atoms with E-state index in [9.17, 15) is 21.6 Å². The van der Waals surface area contributed by atoms with Crippen molar-refractivity contribution in [1.82, 2.24) is 5.16 Å². The topological polar surface area (TPSA) is 72.2 Å². The predicted molar refractivity (Wildman–Crippen MR) is 63.1 cm³/mol. The first-order valence-corrected chi connectivity index (χ1v) is 6.81. The maximum atomic E-state index is 13.5. The first kappa shape index (κ1) is 14.4. The zero-order chi connectivity index (χ0) is 15.1. The van der Waals surface area contributed by atoms with Gasteiger partial charge in [0.1, 0.15) is 5.69 Å². The van der Waals surface area contributed by atoms with Crippen LogP contribution in [0.15, 0.2) is 21.6 Å². The highest BCUT2D eigenvalue weighted by atomic mass is 32.2. The highest BCUT2D eigenvalue weighted by molar-refractivity contribution is 7.92. The number of benzene rings is 1. The number of nitrogens with one attached hydrogen (secondary N) is 1. The third kappa shape index (κ3) is 2.36. The molecule has 1 aromatic heterocycles. The lowest BCUT2D eigenvalue weighted by molar-refractivity contribution is 0.390. The highest BCUT2D eigenvalue weighted by Gasteiger charge is 2.26. The minimum absolute atomic E-state index is 0.00186. The van der Waals surface area contributed by atoms with Gasteiger partial charge in [-0.15, -0.1) is 0 Å². The van der Waals surface area contributed by atoms with E-state index in [1.54, 1.807) is 0 Å². The molecule has 1 aromatic carbocycles. The number of anilines is 1. The number of hydrogen-bond acceptors (Lipinski definition) is 4. The molecule has 0 saturated heterocycles. The molecule has 108 valence electrons. The molecule has 0 aliphatic heterocycles. The molecule has 5 nitrogen and oxygen atoms in total. The van der Waals surface area contributed by atoms with E-state index in [2.05, 4.69) is 5.16 Å². The SMILES string of the molecule is Cc1noc(C)c1S(=O)(=O)Nc1ccc(F)c(F)c1F. The first-order chi connectivity index (χ1) is 9.24. The van der Waals surface area contributed by atoms with Crippen molar-refractivity contribution in [3.05, 3.63) is 41.0 Å². The number of nitrogens with zero attached hydrogens (tertiary/aromatic N) is 1. The molecule has 0 aliphatic carbocycles. The van der Waals surface area contributed by atoms with Gasteiger partial charge >= 0.3 is 0 Å². The van der Waals surface area contributed by atoms with E-state index in [0.29, 0.717) is 6.07 Å². The second-order valence-corrected chi connectivity index (χ2v) is 5.60. The first-order valence-electron chi connectivity index (χ1n) is 5.33. The van der Waals surface area contributed by atoms with E-state index in [4.69, 9.17) is 4.52 Å². The van der Waals surface area contributed by atoms with Gasteiger partial charge in [-0.05, 0) is 26.0 Å². The standard InChI is InChI=1S/C11H9F3N2O3S/c1-5-11(6(2)19-15-5)20(17,18)16-8-4-3-7(12)9(13)10(8)14/h3-4,16H,1-2H3. The number of hydrogen-bond donors (Lipinski definition) is 1. The van der Waals surface area contributed by atoms with E-state index in [-0.39, 0.29) is 16.3 Å². The van der Waals surface area contributed by atoms with Crippen LogP contribution in [-0.4, -0.2) is 13.6 Å². The highest BCUT2D eigenvalue weighted by Crippen LogP contribution is 2.25. The van der Waals surface area contributed by atoms with Crippen LogP contribution in [0.2, 0.25) is 0 Å². The molecule has 0 bridgehead atoms. The number of aromatic nitrogens is 1. The Kier molecular flexibility index (Phi) is 3.46. The molecule has 0 radical (unpaired) electrons. The summed E-state index contributed by atoms with van der Waals surface area (Å²) in [4.78, 5) is -0.276. The van der Waals surface area contributed by atoms with Gasteiger partial charge in [0.05, 0.1) is 5.69 Å². The maximum Gasteiger partial charge on any atom is 0.267 e. The molecular weight excluding hydrogens is 297 g/mol. The van der Waals surface area contributed by atoms with E-state index < -0.39 is 33.2 Å². The summed E-state index contributed by atoms with van der Waals surface area (Å²) < 4.78 is 69.9. The summed E-state index contributed by atoms with van der Waals surface area (Å²) in [6, 6.07) is 1.40. The molecule has 9 heteroatoms. The lowest BCUT2D eigenvalue weighted by atomic mass is 10.3. The summed E-state index contributed by atoms with van der Waals surface area (Å²) in [5.74, 6) is -4.80. The quantitative estimate of drug-likeness (QED) is 0.884. The van der Waals surface area contributed by atoms with Crippen molar-refractivity contribution in [3.63, 3.8) is 0 Å². The second kappa shape index (κ2) is 4.82. The van der Waals surface area contributed by atoms with Crippen LogP contribution in [0.1, 0.15) is 11.5 Å². The molecule has 0 saturated carbocycles. The third-order valence-corrected chi connectivity index (χ3v) is 4.13. The van der Waals surface area contributed by atoms with Gasteiger partial charge in [-0.25, -0.2) is 21.6 Å². The second-order valence-electron chi connectivity index (χ2n) is 3.98. The molecular formula is C11H9F3N2O3S. The zero-order valence-corrected chi connectivity index (χ0v) is 11.2. The summed E-state index contributed by atoms with van der Waals surface area (Å²) >= 11 is 0.